The summed E-state index contributed by atoms with van der Waals surface area (Å²) in [5.74, 6) is 0.0137. The van der Waals surface area contributed by atoms with Crippen molar-refractivity contribution in [3.05, 3.63) is 35.4 Å². The number of nitrogens with zero attached hydrogens (tertiary/aromatic N) is 1. The molecule has 0 bridgehead atoms. The van der Waals surface area contributed by atoms with Crippen LogP contribution in [-0.4, -0.2) is 30.2 Å². The van der Waals surface area contributed by atoms with Crippen molar-refractivity contribution in [1.82, 2.24) is 10.6 Å². The molecule has 6 heteroatoms. The first-order valence-corrected chi connectivity index (χ1v) is 7.34. The van der Waals surface area contributed by atoms with Gasteiger partial charge in [-0.2, -0.15) is 5.26 Å². The zero-order chi connectivity index (χ0) is 16.2. The van der Waals surface area contributed by atoms with Gasteiger partial charge in [-0.15, -0.1) is 0 Å². The fourth-order valence-electron chi connectivity index (χ4n) is 1.96. The van der Waals surface area contributed by atoms with Gasteiger partial charge < -0.3 is 15.7 Å². The molecule has 0 aliphatic carbocycles. The third-order valence-corrected chi connectivity index (χ3v) is 3.18. The van der Waals surface area contributed by atoms with Gasteiger partial charge >= 0.3 is 6.09 Å². The molecule has 1 rings (SSSR count). The normalized spacial score (nSPS) is 9.77. The van der Waals surface area contributed by atoms with E-state index in [1.165, 1.54) is 0 Å². The van der Waals surface area contributed by atoms with E-state index < -0.39 is 6.09 Å². The number of rotatable bonds is 9. The summed E-state index contributed by atoms with van der Waals surface area (Å²) in [5.41, 5.74) is 1.71. The summed E-state index contributed by atoms with van der Waals surface area (Å²) in [6.45, 7) is 1.00. The highest BCUT2D eigenvalue weighted by Crippen LogP contribution is 2.04. The fraction of sp³-hybridized carbons (Fsp3) is 0.438. The first-order chi connectivity index (χ1) is 10.6. The van der Waals surface area contributed by atoms with E-state index in [0.29, 0.717) is 25.1 Å². The highest BCUT2D eigenvalue weighted by Gasteiger charge is 2.01. The van der Waals surface area contributed by atoms with Crippen LogP contribution in [-0.2, 0) is 11.2 Å². The predicted octanol–water partition coefficient (Wildman–Crippen LogP) is 2.04. The van der Waals surface area contributed by atoms with Crippen molar-refractivity contribution in [2.24, 2.45) is 0 Å². The minimum absolute atomic E-state index is 0.0137. The molecule has 6 nitrogen and oxygen atoms in total. The van der Waals surface area contributed by atoms with E-state index >= 15 is 0 Å². The smallest absolute Gasteiger partial charge is 0.404 e. The van der Waals surface area contributed by atoms with Crippen LogP contribution in [0.5, 0.6) is 0 Å². The highest BCUT2D eigenvalue weighted by molar-refractivity contribution is 5.75. The molecule has 0 atom stereocenters. The van der Waals surface area contributed by atoms with Crippen molar-refractivity contribution in [1.29, 1.82) is 5.26 Å². The Morgan fingerprint density at radius 1 is 1.05 bits per heavy atom. The maximum atomic E-state index is 11.6. The molecule has 3 N–H and O–H groups in total. The fourth-order valence-corrected chi connectivity index (χ4v) is 1.96. The van der Waals surface area contributed by atoms with Crippen LogP contribution in [0, 0.1) is 11.3 Å². The number of unbranched alkanes of at least 4 members (excludes halogenated alkanes) is 2. The second-order valence-electron chi connectivity index (χ2n) is 4.95. The zero-order valence-electron chi connectivity index (χ0n) is 12.5. The zero-order valence-corrected chi connectivity index (χ0v) is 12.5. The number of hydrogen-bond donors (Lipinski definition) is 3. The van der Waals surface area contributed by atoms with E-state index in [0.717, 1.165) is 31.2 Å². The molecule has 0 aliphatic heterocycles. The summed E-state index contributed by atoms with van der Waals surface area (Å²) in [6, 6.07) is 9.38. The molecule has 0 radical (unpaired) electrons. The Labute approximate surface area is 130 Å². The number of benzene rings is 1. The van der Waals surface area contributed by atoms with Gasteiger partial charge in [0.25, 0.3) is 0 Å². The van der Waals surface area contributed by atoms with Gasteiger partial charge in [-0.05, 0) is 37.0 Å². The third-order valence-electron chi connectivity index (χ3n) is 3.18. The van der Waals surface area contributed by atoms with Gasteiger partial charge in [0.1, 0.15) is 0 Å². The largest absolute Gasteiger partial charge is 0.465 e. The maximum absolute atomic E-state index is 11.6. The van der Waals surface area contributed by atoms with Crippen LogP contribution >= 0.6 is 0 Å². The molecular weight excluding hydrogens is 282 g/mol. The van der Waals surface area contributed by atoms with Crippen LogP contribution in [0.2, 0.25) is 0 Å². The van der Waals surface area contributed by atoms with Crippen LogP contribution in [0.1, 0.15) is 36.8 Å². The monoisotopic (exact) mass is 303 g/mol. The lowest BCUT2D eigenvalue weighted by Gasteiger charge is -2.06. The highest BCUT2D eigenvalue weighted by atomic mass is 16.4. The summed E-state index contributed by atoms with van der Waals surface area (Å²) in [4.78, 5) is 21.8. The number of nitriles is 1. The van der Waals surface area contributed by atoms with Gasteiger partial charge in [0.05, 0.1) is 11.6 Å². The molecule has 1 aromatic carbocycles. The lowest BCUT2D eigenvalue weighted by molar-refractivity contribution is -0.121. The molecule has 0 saturated heterocycles. The van der Waals surface area contributed by atoms with Crippen molar-refractivity contribution in [3.63, 3.8) is 0 Å². The second kappa shape index (κ2) is 10.2. The van der Waals surface area contributed by atoms with E-state index in [2.05, 4.69) is 16.7 Å². The maximum Gasteiger partial charge on any atom is 0.404 e. The summed E-state index contributed by atoms with van der Waals surface area (Å²) in [7, 11) is 0. The van der Waals surface area contributed by atoms with Gasteiger partial charge in [0.15, 0.2) is 0 Å². The van der Waals surface area contributed by atoms with Crippen LogP contribution in [0.15, 0.2) is 24.3 Å². The van der Waals surface area contributed by atoms with Gasteiger partial charge in [-0.3, -0.25) is 4.79 Å². The Balaban J connectivity index is 2.05. The molecule has 0 heterocycles. The summed E-state index contributed by atoms with van der Waals surface area (Å²) < 4.78 is 0. The summed E-state index contributed by atoms with van der Waals surface area (Å²) in [6.07, 6.45) is 2.50. The Kier molecular flexibility index (Phi) is 8.13. The van der Waals surface area contributed by atoms with E-state index in [4.69, 9.17) is 10.4 Å². The molecule has 22 heavy (non-hydrogen) atoms. The molecule has 0 aromatic heterocycles. The lowest BCUT2D eigenvalue weighted by Crippen LogP contribution is -2.25. The van der Waals surface area contributed by atoms with E-state index in [-0.39, 0.29) is 5.91 Å². The van der Waals surface area contributed by atoms with E-state index in [9.17, 15) is 9.59 Å². The first kappa shape index (κ1) is 17.5. The number of hydrogen-bond acceptors (Lipinski definition) is 3. The van der Waals surface area contributed by atoms with Crippen LogP contribution < -0.4 is 10.6 Å². The van der Waals surface area contributed by atoms with Gasteiger partial charge in [-0.25, -0.2) is 4.79 Å². The summed E-state index contributed by atoms with van der Waals surface area (Å²) in [5, 5.41) is 22.2. The molecule has 2 amide bonds. The first-order valence-electron chi connectivity index (χ1n) is 7.34. The average molecular weight is 303 g/mol. The standard InChI is InChI=1S/C16H21N3O3/c17-12-14-7-5-13(6-8-14)9-11-18-15(20)4-2-1-3-10-19-16(21)22/h5-8,19H,1-4,9-11H2,(H,18,20)(H,21,22). The Hall–Kier alpha value is -2.55. The van der Waals surface area contributed by atoms with E-state index in [1.807, 2.05) is 12.1 Å². The minimum Gasteiger partial charge on any atom is -0.465 e. The minimum atomic E-state index is -1.01. The predicted molar refractivity (Wildman–Crippen MR) is 82.4 cm³/mol. The Morgan fingerprint density at radius 2 is 1.77 bits per heavy atom. The van der Waals surface area contributed by atoms with E-state index in [1.54, 1.807) is 12.1 Å². The van der Waals surface area contributed by atoms with Gasteiger partial charge in [0.2, 0.25) is 5.91 Å². The molecule has 0 spiro atoms. The van der Waals surface area contributed by atoms with Crippen LogP contribution in [0.4, 0.5) is 4.79 Å². The van der Waals surface area contributed by atoms with Crippen LogP contribution in [0.3, 0.4) is 0 Å². The molecule has 0 unspecified atom stereocenters. The van der Waals surface area contributed by atoms with Crippen molar-refractivity contribution in [2.75, 3.05) is 13.1 Å². The molecule has 1 aromatic rings. The van der Waals surface area contributed by atoms with Gasteiger partial charge in [-0.1, -0.05) is 18.6 Å². The third kappa shape index (κ3) is 7.90. The Bertz CT molecular complexity index is 520. The number of carbonyl (C=O) groups excluding carboxylic acids is 1. The number of nitrogens with one attached hydrogen (secondary N) is 2. The Morgan fingerprint density at radius 3 is 2.41 bits per heavy atom. The molecular formula is C16H21N3O3. The molecule has 0 saturated carbocycles. The number of carbonyl (C=O) groups is 2. The van der Waals surface area contributed by atoms with Crippen molar-refractivity contribution >= 4 is 12.0 Å². The molecule has 0 fully saturated rings. The van der Waals surface area contributed by atoms with Crippen molar-refractivity contribution < 1.29 is 14.7 Å². The number of amides is 2. The molecule has 0 aliphatic rings. The van der Waals surface area contributed by atoms with Crippen molar-refractivity contribution in [2.45, 2.75) is 32.1 Å². The second-order valence-corrected chi connectivity index (χ2v) is 4.95. The van der Waals surface area contributed by atoms with Gasteiger partial charge in [0, 0.05) is 19.5 Å². The molecule has 118 valence electrons. The number of carboxylic acid groups (broad SMARTS) is 1. The lowest BCUT2D eigenvalue weighted by atomic mass is 10.1. The quantitative estimate of drug-likeness (QED) is 0.607. The van der Waals surface area contributed by atoms with Crippen molar-refractivity contribution in [3.8, 4) is 6.07 Å². The topological polar surface area (TPSA) is 102 Å². The average Bonchev–Trinajstić information content (AvgIpc) is 2.51. The SMILES string of the molecule is N#Cc1ccc(CCNC(=O)CCCCCNC(=O)O)cc1. The summed E-state index contributed by atoms with van der Waals surface area (Å²) >= 11 is 0. The van der Waals surface area contributed by atoms with Crippen LogP contribution in [0.25, 0.3) is 0 Å².